The maximum atomic E-state index is 4.48. The molecule has 5 nitrogen and oxygen atoms in total. The Kier molecular flexibility index (Phi) is 5.23. The number of aromatic nitrogens is 4. The van der Waals surface area contributed by atoms with Crippen molar-refractivity contribution in [2.45, 2.75) is 65.5 Å². The second kappa shape index (κ2) is 7.24. The molecule has 0 spiro atoms. The van der Waals surface area contributed by atoms with Gasteiger partial charge in [-0.1, -0.05) is 43.7 Å². The van der Waals surface area contributed by atoms with Crippen LogP contribution in [0, 0.1) is 12.8 Å². The summed E-state index contributed by atoms with van der Waals surface area (Å²) in [5.74, 6) is 1.77. The molecule has 136 valence electrons. The lowest BCUT2D eigenvalue weighted by atomic mass is 9.94. The summed E-state index contributed by atoms with van der Waals surface area (Å²) in [6.45, 7) is 13.3. The molecule has 1 atom stereocenters. The number of tetrazole rings is 1. The van der Waals surface area contributed by atoms with Crippen molar-refractivity contribution in [3.63, 3.8) is 0 Å². The van der Waals surface area contributed by atoms with E-state index in [0.717, 1.165) is 31.3 Å². The molecular formula is C20H31N5. The second-order valence-electron chi connectivity index (χ2n) is 8.15. The van der Waals surface area contributed by atoms with Gasteiger partial charge in [0.25, 0.3) is 0 Å². The summed E-state index contributed by atoms with van der Waals surface area (Å²) in [6, 6.07) is 8.96. The van der Waals surface area contributed by atoms with E-state index in [2.05, 4.69) is 79.3 Å². The van der Waals surface area contributed by atoms with Gasteiger partial charge in [0, 0.05) is 0 Å². The van der Waals surface area contributed by atoms with Crippen LogP contribution in [0.25, 0.3) is 0 Å². The monoisotopic (exact) mass is 341 g/mol. The largest absolute Gasteiger partial charge is 0.290 e. The molecule has 1 aromatic heterocycles. The molecular weight excluding hydrogens is 310 g/mol. The van der Waals surface area contributed by atoms with Gasteiger partial charge in [-0.2, -0.15) is 0 Å². The molecule has 2 aromatic rings. The van der Waals surface area contributed by atoms with E-state index < -0.39 is 0 Å². The van der Waals surface area contributed by atoms with Gasteiger partial charge in [-0.15, -0.1) is 5.10 Å². The van der Waals surface area contributed by atoms with Crippen molar-refractivity contribution in [3.8, 4) is 0 Å². The van der Waals surface area contributed by atoms with Gasteiger partial charge in [-0.05, 0) is 75.0 Å². The average molecular weight is 342 g/mol. The minimum atomic E-state index is -0.0924. The SMILES string of the molecule is CCC(C)(C)n1nnnc1[C@@H](c1ccc(C)cc1)N1CCC(C)CC1. The third kappa shape index (κ3) is 3.76. The average Bonchev–Trinajstić information content (AvgIpc) is 3.09. The van der Waals surface area contributed by atoms with E-state index in [1.807, 2.05) is 4.68 Å². The third-order valence-electron chi connectivity index (χ3n) is 5.75. The Balaban J connectivity index is 2.03. The predicted octanol–water partition coefficient (Wildman–Crippen LogP) is 3.95. The van der Waals surface area contributed by atoms with E-state index in [1.54, 1.807) is 0 Å². The number of hydrogen-bond acceptors (Lipinski definition) is 4. The van der Waals surface area contributed by atoms with Crippen LogP contribution in [0.15, 0.2) is 24.3 Å². The van der Waals surface area contributed by atoms with Crippen molar-refractivity contribution in [3.05, 3.63) is 41.2 Å². The van der Waals surface area contributed by atoms with Gasteiger partial charge in [0.15, 0.2) is 5.82 Å². The van der Waals surface area contributed by atoms with Crippen molar-refractivity contribution in [1.82, 2.24) is 25.1 Å². The molecule has 0 aliphatic carbocycles. The Labute approximate surface area is 151 Å². The minimum Gasteiger partial charge on any atom is -0.290 e. The van der Waals surface area contributed by atoms with Crippen LogP contribution < -0.4 is 0 Å². The molecule has 0 saturated carbocycles. The highest BCUT2D eigenvalue weighted by molar-refractivity contribution is 5.28. The molecule has 2 heterocycles. The molecule has 1 saturated heterocycles. The van der Waals surface area contributed by atoms with E-state index >= 15 is 0 Å². The predicted molar refractivity (Wildman–Crippen MR) is 100 cm³/mol. The molecule has 0 radical (unpaired) electrons. The van der Waals surface area contributed by atoms with Crippen LogP contribution in [-0.4, -0.2) is 38.2 Å². The van der Waals surface area contributed by atoms with Gasteiger partial charge in [0.1, 0.15) is 0 Å². The maximum Gasteiger partial charge on any atom is 0.173 e. The molecule has 1 aliphatic rings. The first-order chi connectivity index (χ1) is 11.9. The number of nitrogens with zero attached hydrogens (tertiary/aromatic N) is 5. The molecule has 5 heteroatoms. The molecule has 1 aliphatic heterocycles. The van der Waals surface area contributed by atoms with Crippen LogP contribution >= 0.6 is 0 Å². The zero-order valence-electron chi connectivity index (χ0n) is 16.2. The van der Waals surface area contributed by atoms with Crippen LogP contribution in [0.2, 0.25) is 0 Å². The van der Waals surface area contributed by atoms with Crippen LogP contribution in [0.4, 0.5) is 0 Å². The molecule has 3 rings (SSSR count). The molecule has 1 aromatic carbocycles. The van der Waals surface area contributed by atoms with E-state index in [0.29, 0.717) is 0 Å². The van der Waals surface area contributed by atoms with Crippen LogP contribution in [0.1, 0.15) is 70.0 Å². The summed E-state index contributed by atoms with van der Waals surface area (Å²) < 4.78 is 2.04. The lowest BCUT2D eigenvalue weighted by molar-refractivity contribution is 0.143. The summed E-state index contributed by atoms with van der Waals surface area (Å²) in [6.07, 6.45) is 3.46. The van der Waals surface area contributed by atoms with E-state index in [-0.39, 0.29) is 11.6 Å². The third-order valence-corrected chi connectivity index (χ3v) is 5.75. The Hall–Kier alpha value is -1.75. The van der Waals surface area contributed by atoms with Gasteiger partial charge in [0.05, 0.1) is 11.6 Å². The van der Waals surface area contributed by atoms with Crippen molar-refractivity contribution >= 4 is 0 Å². The van der Waals surface area contributed by atoms with Crippen LogP contribution in [0.5, 0.6) is 0 Å². The fourth-order valence-electron chi connectivity index (χ4n) is 3.50. The topological polar surface area (TPSA) is 46.8 Å². The van der Waals surface area contributed by atoms with Gasteiger partial charge in [0.2, 0.25) is 0 Å². The number of likely N-dealkylation sites (tertiary alicyclic amines) is 1. The first-order valence-electron chi connectivity index (χ1n) is 9.51. The summed E-state index contributed by atoms with van der Waals surface area (Å²) in [7, 11) is 0. The van der Waals surface area contributed by atoms with E-state index in [4.69, 9.17) is 0 Å². The van der Waals surface area contributed by atoms with Crippen LogP contribution in [-0.2, 0) is 5.54 Å². The van der Waals surface area contributed by atoms with Crippen molar-refractivity contribution < 1.29 is 0 Å². The second-order valence-corrected chi connectivity index (χ2v) is 8.15. The number of aryl methyl sites for hydroxylation is 1. The smallest absolute Gasteiger partial charge is 0.173 e. The quantitative estimate of drug-likeness (QED) is 0.826. The maximum absolute atomic E-state index is 4.48. The first kappa shape index (κ1) is 18.1. The summed E-state index contributed by atoms with van der Waals surface area (Å²) in [4.78, 5) is 2.55. The molecule has 25 heavy (non-hydrogen) atoms. The molecule has 0 N–H and O–H groups in total. The van der Waals surface area contributed by atoms with Crippen molar-refractivity contribution in [2.75, 3.05) is 13.1 Å². The lowest BCUT2D eigenvalue weighted by Gasteiger charge is -2.37. The van der Waals surface area contributed by atoms with Gasteiger partial charge in [-0.25, -0.2) is 4.68 Å². The fraction of sp³-hybridized carbons (Fsp3) is 0.650. The molecule has 0 amide bonds. The van der Waals surface area contributed by atoms with Crippen molar-refractivity contribution in [2.24, 2.45) is 5.92 Å². The van der Waals surface area contributed by atoms with E-state index in [9.17, 15) is 0 Å². The zero-order valence-corrected chi connectivity index (χ0v) is 16.2. The zero-order chi connectivity index (χ0) is 18.0. The highest BCUT2D eigenvalue weighted by Gasteiger charge is 2.33. The lowest BCUT2D eigenvalue weighted by Crippen LogP contribution is -2.40. The van der Waals surface area contributed by atoms with Gasteiger partial charge < -0.3 is 0 Å². The number of benzene rings is 1. The minimum absolute atomic E-state index is 0.0924. The first-order valence-corrected chi connectivity index (χ1v) is 9.51. The summed E-state index contributed by atoms with van der Waals surface area (Å²) in [5.41, 5.74) is 2.47. The number of hydrogen-bond donors (Lipinski definition) is 0. The Morgan fingerprint density at radius 1 is 1.16 bits per heavy atom. The Bertz CT molecular complexity index is 680. The van der Waals surface area contributed by atoms with Crippen molar-refractivity contribution in [1.29, 1.82) is 0 Å². The van der Waals surface area contributed by atoms with Gasteiger partial charge in [-0.3, -0.25) is 4.90 Å². The Morgan fingerprint density at radius 2 is 1.80 bits per heavy atom. The highest BCUT2D eigenvalue weighted by Crippen LogP contribution is 2.33. The fourth-order valence-corrected chi connectivity index (χ4v) is 3.50. The normalized spacial score (nSPS) is 18.4. The van der Waals surface area contributed by atoms with E-state index in [1.165, 1.54) is 24.0 Å². The molecule has 0 unspecified atom stereocenters. The van der Waals surface area contributed by atoms with Gasteiger partial charge >= 0.3 is 0 Å². The summed E-state index contributed by atoms with van der Waals surface area (Å²) >= 11 is 0. The molecule has 1 fully saturated rings. The highest BCUT2D eigenvalue weighted by atomic mass is 15.6. The standard InChI is InChI=1S/C20H31N5/c1-6-20(4,5)25-19(21-22-23-25)18(17-9-7-15(2)8-10-17)24-13-11-16(3)12-14-24/h7-10,16,18H,6,11-14H2,1-5H3/t18-/m1/s1. The number of rotatable bonds is 5. The Morgan fingerprint density at radius 3 is 2.40 bits per heavy atom. The number of piperidine rings is 1. The summed E-state index contributed by atoms with van der Waals surface area (Å²) in [5, 5.41) is 12.9. The molecule has 0 bridgehead atoms. The van der Waals surface area contributed by atoms with Crippen LogP contribution in [0.3, 0.4) is 0 Å².